The Morgan fingerprint density at radius 2 is 2.19 bits per heavy atom. The Kier molecular flexibility index (Phi) is 4.98. The van der Waals surface area contributed by atoms with Crippen LogP contribution in [-0.2, 0) is 11.2 Å². The molecule has 0 bridgehead atoms. The molecule has 16 heavy (non-hydrogen) atoms. The van der Waals surface area contributed by atoms with Gasteiger partial charge < -0.3 is 14.9 Å². The molecule has 1 amide bonds. The van der Waals surface area contributed by atoms with Crippen LogP contribution in [0.2, 0.25) is 0 Å². The first-order valence-corrected chi connectivity index (χ1v) is 5.44. The van der Waals surface area contributed by atoms with Crippen molar-refractivity contribution < 1.29 is 14.4 Å². The number of aliphatic hydroxyl groups is 1. The first-order chi connectivity index (χ1) is 7.65. The highest BCUT2D eigenvalue weighted by molar-refractivity contribution is 5.78. The molecule has 0 spiro atoms. The van der Waals surface area contributed by atoms with Gasteiger partial charge in [-0.05, 0) is 26.7 Å². The topological polar surface area (TPSA) is 75.4 Å². The van der Waals surface area contributed by atoms with Crippen LogP contribution in [0.25, 0.3) is 0 Å². The quantitative estimate of drug-likeness (QED) is 0.701. The van der Waals surface area contributed by atoms with Crippen LogP contribution in [0, 0.1) is 13.8 Å². The third kappa shape index (κ3) is 3.66. The zero-order valence-corrected chi connectivity index (χ0v) is 9.75. The largest absolute Gasteiger partial charge is 0.396 e. The number of nitrogens with zero attached hydrogens (tertiary/aromatic N) is 1. The molecule has 0 saturated carbocycles. The van der Waals surface area contributed by atoms with E-state index < -0.39 is 0 Å². The third-order valence-electron chi connectivity index (χ3n) is 2.43. The van der Waals surface area contributed by atoms with Crippen molar-refractivity contribution in [1.29, 1.82) is 0 Å². The highest BCUT2D eigenvalue weighted by atomic mass is 16.5. The highest BCUT2D eigenvalue weighted by Crippen LogP contribution is 2.12. The molecule has 0 fully saturated rings. The molecular weight excluding hydrogens is 208 g/mol. The first kappa shape index (κ1) is 12.7. The second-order valence-electron chi connectivity index (χ2n) is 3.76. The van der Waals surface area contributed by atoms with Gasteiger partial charge >= 0.3 is 0 Å². The van der Waals surface area contributed by atoms with Crippen molar-refractivity contribution in [1.82, 2.24) is 10.5 Å². The zero-order chi connectivity index (χ0) is 12.0. The van der Waals surface area contributed by atoms with Gasteiger partial charge in [-0.3, -0.25) is 4.79 Å². The summed E-state index contributed by atoms with van der Waals surface area (Å²) in [5, 5.41) is 15.2. The van der Waals surface area contributed by atoms with E-state index in [1.807, 2.05) is 6.92 Å². The van der Waals surface area contributed by atoms with Crippen LogP contribution in [-0.4, -0.2) is 29.3 Å². The Morgan fingerprint density at radius 1 is 1.44 bits per heavy atom. The Morgan fingerprint density at radius 3 is 2.75 bits per heavy atom. The monoisotopic (exact) mass is 226 g/mol. The number of hydrogen-bond donors (Lipinski definition) is 2. The number of rotatable bonds is 6. The summed E-state index contributed by atoms with van der Waals surface area (Å²) >= 11 is 0. The Bertz CT molecular complexity index is 327. The molecule has 1 rings (SSSR count). The van der Waals surface area contributed by atoms with E-state index in [9.17, 15) is 4.79 Å². The molecule has 2 N–H and O–H groups in total. The number of carbonyl (C=O) groups excluding carboxylic acids is 1. The minimum absolute atomic E-state index is 0.0349. The van der Waals surface area contributed by atoms with Crippen molar-refractivity contribution in [2.75, 3.05) is 13.2 Å². The fourth-order valence-electron chi connectivity index (χ4n) is 1.44. The van der Waals surface area contributed by atoms with Gasteiger partial charge in [0.15, 0.2) is 0 Å². The van der Waals surface area contributed by atoms with Gasteiger partial charge in [0.25, 0.3) is 0 Å². The lowest BCUT2D eigenvalue weighted by Crippen LogP contribution is -2.26. The molecule has 0 aromatic carbocycles. The molecule has 0 aliphatic rings. The second-order valence-corrected chi connectivity index (χ2v) is 3.76. The second kappa shape index (κ2) is 6.27. The van der Waals surface area contributed by atoms with Crippen molar-refractivity contribution >= 4 is 5.91 Å². The van der Waals surface area contributed by atoms with E-state index in [0.29, 0.717) is 25.1 Å². The van der Waals surface area contributed by atoms with E-state index in [1.165, 1.54) is 0 Å². The first-order valence-electron chi connectivity index (χ1n) is 5.44. The van der Waals surface area contributed by atoms with E-state index in [-0.39, 0.29) is 12.5 Å². The van der Waals surface area contributed by atoms with Crippen molar-refractivity contribution in [2.45, 2.75) is 33.1 Å². The molecule has 0 aliphatic heterocycles. The molecule has 0 aliphatic carbocycles. The molecular formula is C11H18N2O3. The summed E-state index contributed by atoms with van der Waals surface area (Å²) in [6.07, 6.45) is 1.82. The summed E-state index contributed by atoms with van der Waals surface area (Å²) in [5.74, 6) is 0.662. The van der Waals surface area contributed by atoms with Gasteiger partial charge in [-0.15, -0.1) is 0 Å². The van der Waals surface area contributed by atoms with E-state index in [4.69, 9.17) is 9.63 Å². The van der Waals surface area contributed by atoms with Crippen molar-refractivity contribution in [3.05, 3.63) is 17.0 Å². The number of hydrogen-bond acceptors (Lipinski definition) is 4. The Hall–Kier alpha value is -1.36. The van der Waals surface area contributed by atoms with Crippen LogP contribution in [0.3, 0.4) is 0 Å². The zero-order valence-electron chi connectivity index (χ0n) is 9.75. The summed E-state index contributed by atoms with van der Waals surface area (Å²) < 4.78 is 4.98. The van der Waals surface area contributed by atoms with E-state index in [0.717, 1.165) is 17.7 Å². The smallest absolute Gasteiger partial charge is 0.224 e. The molecule has 90 valence electrons. The average molecular weight is 226 g/mol. The van der Waals surface area contributed by atoms with Gasteiger partial charge in [0, 0.05) is 18.7 Å². The minimum Gasteiger partial charge on any atom is -0.396 e. The van der Waals surface area contributed by atoms with Gasteiger partial charge in [-0.2, -0.15) is 0 Å². The van der Waals surface area contributed by atoms with Crippen LogP contribution < -0.4 is 5.32 Å². The minimum atomic E-state index is -0.0349. The lowest BCUT2D eigenvalue weighted by Gasteiger charge is -2.03. The van der Waals surface area contributed by atoms with Gasteiger partial charge in [0.2, 0.25) is 5.91 Å². The fraction of sp³-hybridized carbons (Fsp3) is 0.636. The van der Waals surface area contributed by atoms with Crippen LogP contribution in [0.1, 0.15) is 29.9 Å². The van der Waals surface area contributed by atoms with Crippen LogP contribution in [0.4, 0.5) is 0 Å². The molecule has 0 saturated heterocycles. The van der Waals surface area contributed by atoms with Gasteiger partial charge in [0.05, 0.1) is 12.1 Å². The predicted octanol–water partition coefficient (Wildman–Crippen LogP) is 0.723. The van der Waals surface area contributed by atoms with Gasteiger partial charge in [-0.25, -0.2) is 0 Å². The standard InChI is InChI=1S/C11H18N2O3/c1-8-10(9(2)16-13-8)7-11(15)12-5-3-4-6-14/h14H,3-7H2,1-2H3,(H,12,15). The maximum absolute atomic E-state index is 11.5. The molecule has 0 atom stereocenters. The molecule has 1 aromatic rings. The molecule has 1 aromatic heterocycles. The molecule has 5 heteroatoms. The third-order valence-corrected chi connectivity index (χ3v) is 2.43. The number of nitrogens with one attached hydrogen (secondary N) is 1. The molecule has 5 nitrogen and oxygen atoms in total. The van der Waals surface area contributed by atoms with E-state index in [2.05, 4.69) is 10.5 Å². The van der Waals surface area contributed by atoms with Crippen molar-refractivity contribution in [2.24, 2.45) is 0 Å². The van der Waals surface area contributed by atoms with Gasteiger partial charge in [0.1, 0.15) is 5.76 Å². The molecule has 1 heterocycles. The average Bonchev–Trinajstić information content (AvgIpc) is 2.56. The summed E-state index contributed by atoms with van der Waals surface area (Å²) in [4.78, 5) is 11.5. The number of aryl methyl sites for hydroxylation is 2. The number of aromatic nitrogens is 1. The fourth-order valence-corrected chi connectivity index (χ4v) is 1.44. The SMILES string of the molecule is Cc1noc(C)c1CC(=O)NCCCCO. The maximum Gasteiger partial charge on any atom is 0.224 e. The Balaban J connectivity index is 2.34. The van der Waals surface area contributed by atoms with E-state index in [1.54, 1.807) is 6.92 Å². The normalized spacial score (nSPS) is 10.4. The summed E-state index contributed by atoms with van der Waals surface area (Å²) in [6.45, 7) is 4.39. The highest BCUT2D eigenvalue weighted by Gasteiger charge is 2.12. The lowest BCUT2D eigenvalue weighted by molar-refractivity contribution is -0.120. The number of aliphatic hydroxyl groups excluding tert-OH is 1. The molecule has 0 unspecified atom stereocenters. The summed E-state index contributed by atoms with van der Waals surface area (Å²) in [5.41, 5.74) is 1.63. The summed E-state index contributed by atoms with van der Waals surface area (Å²) in [6, 6.07) is 0. The van der Waals surface area contributed by atoms with Crippen molar-refractivity contribution in [3.8, 4) is 0 Å². The number of amides is 1. The van der Waals surface area contributed by atoms with Gasteiger partial charge in [-0.1, -0.05) is 5.16 Å². The maximum atomic E-state index is 11.5. The lowest BCUT2D eigenvalue weighted by atomic mass is 10.1. The predicted molar refractivity (Wildman–Crippen MR) is 59.0 cm³/mol. The van der Waals surface area contributed by atoms with Crippen LogP contribution in [0.5, 0.6) is 0 Å². The van der Waals surface area contributed by atoms with Crippen LogP contribution >= 0.6 is 0 Å². The molecule has 0 radical (unpaired) electrons. The number of carbonyl (C=O) groups is 1. The Labute approximate surface area is 94.8 Å². The summed E-state index contributed by atoms with van der Waals surface area (Å²) in [7, 11) is 0. The van der Waals surface area contributed by atoms with E-state index >= 15 is 0 Å². The van der Waals surface area contributed by atoms with Crippen LogP contribution in [0.15, 0.2) is 4.52 Å². The van der Waals surface area contributed by atoms with Crippen molar-refractivity contribution in [3.63, 3.8) is 0 Å². The number of unbranched alkanes of at least 4 members (excludes halogenated alkanes) is 1.